The molecule has 0 bridgehead atoms. The van der Waals surface area contributed by atoms with Crippen molar-refractivity contribution in [2.75, 3.05) is 32.7 Å². The van der Waals surface area contributed by atoms with Gasteiger partial charge in [-0.25, -0.2) is 0 Å². The van der Waals surface area contributed by atoms with Crippen LogP contribution >= 0.6 is 0 Å². The van der Waals surface area contributed by atoms with Gasteiger partial charge < -0.3 is 15.5 Å². The van der Waals surface area contributed by atoms with Crippen molar-refractivity contribution in [1.82, 2.24) is 15.5 Å². The van der Waals surface area contributed by atoms with Gasteiger partial charge in [0, 0.05) is 19.6 Å². The van der Waals surface area contributed by atoms with Crippen LogP contribution in [0.3, 0.4) is 0 Å². The van der Waals surface area contributed by atoms with E-state index in [1.54, 1.807) is 0 Å². The zero-order valence-corrected chi connectivity index (χ0v) is 12.6. The second-order valence-electron chi connectivity index (χ2n) is 4.75. The van der Waals surface area contributed by atoms with Crippen LogP contribution in [-0.4, -0.2) is 49.6 Å². The van der Waals surface area contributed by atoms with Gasteiger partial charge >= 0.3 is 0 Å². The van der Waals surface area contributed by atoms with Crippen molar-refractivity contribution in [2.24, 2.45) is 0 Å². The second-order valence-corrected chi connectivity index (χ2v) is 4.75. The van der Waals surface area contributed by atoms with Crippen molar-refractivity contribution in [1.29, 1.82) is 0 Å². The van der Waals surface area contributed by atoms with Crippen LogP contribution in [-0.2, 0) is 4.79 Å². The molecule has 1 amide bonds. The molecule has 0 aliphatic heterocycles. The van der Waals surface area contributed by atoms with Gasteiger partial charge in [0.25, 0.3) is 0 Å². The molecule has 0 spiro atoms. The number of hydrogen-bond donors (Lipinski definition) is 2. The van der Waals surface area contributed by atoms with E-state index in [4.69, 9.17) is 0 Å². The van der Waals surface area contributed by atoms with Crippen LogP contribution in [0.2, 0.25) is 0 Å². The molecule has 4 heteroatoms. The number of unbranched alkanes of at least 4 members (excludes halogenated alkanes) is 1. The molecule has 0 aromatic rings. The molecule has 0 aromatic carbocycles. The molecule has 18 heavy (non-hydrogen) atoms. The van der Waals surface area contributed by atoms with Gasteiger partial charge in [0.1, 0.15) is 0 Å². The largest absolute Gasteiger partial charge is 0.355 e. The molecular weight excluding hydrogens is 226 g/mol. The monoisotopic (exact) mass is 257 g/mol. The van der Waals surface area contributed by atoms with Crippen LogP contribution in [0.5, 0.6) is 0 Å². The first kappa shape index (κ1) is 17.4. The van der Waals surface area contributed by atoms with E-state index in [0.717, 1.165) is 45.6 Å². The molecule has 2 N–H and O–H groups in total. The lowest BCUT2D eigenvalue weighted by atomic mass is 10.3. The van der Waals surface area contributed by atoms with Crippen LogP contribution in [0.25, 0.3) is 0 Å². The van der Waals surface area contributed by atoms with Gasteiger partial charge in [0.2, 0.25) is 5.91 Å². The molecule has 0 rings (SSSR count). The van der Waals surface area contributed by atoms with E-state index < -0.39 is 0 Å². The van der Waals surface area contributed by atoms with Crippen molar-refractivity contribution < 1.29 is 4.79 Å². The minimum absolute atomic E-state index is 0.0952. The highest BCUT2D eigenvalue weighted by atomic mass is 16.2. The lowest BCUT2D eigenvalue weighted by Gasteiger charge is -2.21. The van der Waals surface area contributed by atoms with E-state index in [2.05, 4.69) is 36.3 Å². The number of nitrogens with one attached hydrogen (secondary N) is 2. The number of likely N-dealkylation sites (N-methyl/N-ethyl adjacent to an activating group) is 1. The molecule has 0 saturated carbocycles. The van der Waals surface area contributed by atoms with Crippen LogP contribution in [0.1, 0.15) is 47.0 Å². The third-order valence-corrected chi connectivity index (χ3v) is 3.09. The Morgan fingerprint density at radius 3 is 2.39 bits per heavy atom. The van der Waals surface area contributed by atoms with Gasteiger partial charge in [-0.05, 0) is 32.9 Å². The summed E-state index contributed by atoms with van der Waals surface area (Å²) in [5.41, 5.74) is 0. The Balaban J connectivity index is 3.67. The normalized spacial score (nSPS) is 12.7. The molecule has 0 radical (unpaired) electrons. The summed E-state index contributed by atoms with van der Waals surface area (Å²) in [7, 11) is 0. The van der Waals surface area contributed by atoms with E-state index in [1.165, 1.54) is 6.42 Å². The maximum atomic E-state index is 11.7. The second kappa shape index (κ2) is 11.5. The maximum Gasteiger partial charge on any atom is 0.236 e. The van der Waals surface area contributed by atoms with Crippen LogP contribution in [0.15, 0.2) is 0 Å². The molecule has 108 valence electrons. The highest BCUT2D eigenvalue weighted by molar-refractivity contribution is 5.81. The molecule has 0 fully saturated rings. The van der Waals surface area contributed by atoms with Crippen LogP contribution < -0.4 is 10.6 Å². The molecule has 0 aliphatic carbocycles. The van der Waals surface area contributed by atoms with Crippen molar-refractivity contribution >= 4 is 5.91 Å². The van der Waals surface area contributed by atoms with Crippen molar-refractivity contribution in [3.63, 3.8) is 0 Å². The van der Waals surface area contributed by atoms with E-state index in [-0.39, 0.29) is 11.9 Å². The topological polar surface area (TPSA) is 44.4 Å². The number of carbonyl (C=O) groups is 1. The number of rotatable bonds is 11. The van der Waals surface area contributed by atoms with Crippen LogP contribution in [0.4, 0.5) is 0 Å². The first-order valence-electron chi connectivity index (χ1n) is 7.39. The summed E-state index contributed by atoms with van der Waals surface area (Å²) in [6.07, 6.45) is 3.35. The van der Waals surface area contributed by atoms with Gasteiger partial charge in [0.05, 0.1) is 6.04 Å². The summed E-state index contributed by atoms with van der Waals surface area (Å²) in [5.74, 6) is 0.113. The Hall–Kier alpha value is -0.610. The van der Waals surface area contributed by atoms with Gasteiger partial charge in [-0.1, -0.05) is 27.2 Å². The quantitative estimate of drug-likeness (QED) is 0.553. The third-order valence-electron chi connectivity index (χ3n) is 3.09. The molecule has 0 aliphatic rings. The lowest BCUT2D eigenvalue weighted by Crippen LogP contribution is -2.45. The SMILES string of the molecule is CCCCNC(=O)C(C)NCCN(CC)CCC. The zero-order valence-electron chi connectivity index (χ0n) is 12.6. The summed E-state index contributed by atoms with van der Waals surface area (Å²) in [6, 6.07) is -0.0952. The molecular formula is C14H31N3O. The summed E-state index contributed by atoms with van der Waals surface area (Å²) in [6.45, 7) is 13.3. The smallest absolute Gasteiger partial charge is 0.236 e. The van der Waals surface area contributed by atoms with Crippen molar-refractivity contribution in [2.45, 2.75) is 53.0 Å². The molecule has 0 aromatic heterocycles. The van der Waals surface area contributed by atoms with Crippen molar-refractivity contribution in [3.8, 4) is 0 Å². The Bertz CT molecular complexity index is 209. The fraction of sp³-hybridized carbons (Fsp3) is 0.929. The van der Waals surface area contributed by atoms with E-state index in [0.29, 0.717) is 0 Å². The Morgan fingerprint density at radius 1 is 1.11 bits per heavy atom. The Morgan fingerprint density at radius 2 is 1.83 bits per heavy atom. The van der Waals surface area contributed by atoms with E-state index >= 15 is 0 Å². The minimum atomic E-state index is -0.0952. The van der Waals surface area contributed by atoms with E-state index in [1.807, 2.05) is 6.92 Å². The van der Waals surface area contributed by atoms with Gasteiger partial charge in [0.15, 0.2) is 0 Å². The minimum Gasteiger partial charge on any atom is -0.355 e. The van der Waals surface area contributed by atoms with Gasteiger partial charge in [-0.3, -0.25) is 4.79 Å². The molecule has 0 saturated heterocycles. The average Bonchev–Trinajstić information content (AvgIpc) is 2.37. The average molecular weight is 257 g/mol. The Labute approximate surface area is 113 Å². The Kier molecular flexibility index (Phi) is 11.1. The lowest BCUT2D eigenvalue weighted by molar-refractivity contribution is -0.122. The molecule has 4 nitrogen and oxygen atoms in total. The fourth-order valence-corrected chi connectivity index (χ4v) is 1.82. The van der Waals surface area contributed by atoms with E-state index in [9.17, 15) is 4.79 Å². The fourth-order valence-electron chi connectivity index (χ4n) is 1.82. The van der Waals surface area contributed by atoms with Gasteiger partial charge in [-0.2, -0.15) is 0 Å². The van der Waals surface area contributed by atoms with Crippen LogP contribution in [0, 0.1) is 0 Å². The first-order valence-corrected chi connectivity index (χ1v) is 7.39. The van der Waals surface area contributed by atoms with Gasteiger partial charge in [-0.15, -0.1) is 0 Å². The highest BCUT2D eigenvalue weighted by Gasteiger charge is 2.11. The zero-order chi connectivity index (χ0) is 13.8. The molecule has 1 atom stereocenters. The number of amides is 1. The summed E-state index contributed by atoms with van der Waals surface area (Å²) >= 11 is 0. The predicted molar refractivity (Wildman–Crippen MR) is 77.8 cm³/mol. The third kappa shape index (κ3) is 8.48. The number of nitrogens with zero attached hydrogens (tertiary/aromatic N) is 1. The highest BCUT2D eigenvalue weighted by Crippen LogP contribution is 1.90. The predicted octanol–water partition coefficient (Wildman–Crippen LogP) is 1.61. The summed E-state index contributed by atoms with van der Waals surface area (Å²) in [5, 5.41) is 6.22. The van der Waals surface area contributed by atoms with Crippen molar-refractivity contribution in [3.05, 3.63) is 0 Å². The molecule has 1 unspecified atom stereocenters. The summed E-state index contributed by atoms with van der Waals surface area (Å²) < 4.78 is 0. The maximum absolute atomic E-state index is 11.7. The molecule has 0 heterocycles. The number of carbonyl (C=O) groups excluding carboxylic acids is 1. The standard InChI is InChI=1S/C14H31N3O/c1-5-8-9-16-14(18)13(4)15-10-12-17(7-3)11-6-2/h13,15H,5-12H2,1-4H3,(H,16,18). The number of hydrogen-bond acceptors (Lipinski definition) is 3. The summed E-state index contributed by atoms with van der Waals surface area (Å²) in [4.78, 5) is 14.1. The first-order chi connectivity index (χ1) is 8.65.